The molecule has 0 aliphatic rings. The molecule has 0 N–H and O–H groups in total. The third kappa shape index (κ3) is 3.14. The summed E-state index contributed by atoms with van der Waals surface area (Å²) in [5.74, 6) is 2.06. The molecule has 0 aliphatic heterocycles. The second kappa shape index (κ2) is 5.88. The van der Waals surface area contributed by atoms with Crippen LogP contribution in [0.15, 0.2) is 29.4 Å². The SMILES string of the molecule is COc1cccc(-c2nnc(SCC(C)=O)n2C)c1. The third-order valence-corrected chi connectivity index (χ3v) is 3.73. The van der Waals surface area contributed by atoms with Gasteiger partial charge in [-0.05, 0) is 19.1 Å². The Labute approximate surface area is 116 Å². The first-order valence-electron chi connectivity index (χ1n) is 5.78. The van der Waals surface area contributed by atoms with Gasteiger partial charge in [0.1, 0.15) is 11.5 Å². The first-order chi connectivity index (χ1) is 9.11. The van der Waals surface area contributed by atoms with E-state index in [1.165, 1.54) is 11.8 Å². The fourth-order valence-electron chi connectivity index (χ4n) is 1.62. The highest BCUT2D eigenvalue weighted by Gasteiger charge is 2.12. The van der Waals surface area contributed by atoms with Gasteiger partial charge in [0, 0.05) is 12.6 Å². The van der Waals surface area contributed by atoms with Crippen LogP contribution < -0.4 is 4.74 Å². The number of thioether (sulfide) groups is 1. The minimum Gasteiger partial charge on any atom is -0.497 e. The van der Waals surface area contributed by atoms with Gasteiger partial charge in [-0.3, -0.25) is 4.79 Å². The molecule has 0 spiro atoms. The van der Waals surface area contributed by atoms with Gasteiger partial charge in [-0.1, -0.05) is 23.9 Å². The van der Waals surface area contributed by atoms with Crippen LogP contribution in [0.5, 0.6) is 5.75 Å². The minimum atomic E-state index is 0.121. The van der Waals surface area contributed by atoms with Gasteiger partial charge < -0.3 is 9.30 Å². The lowest BCUT2D eigenvalue weighted by atomic mass is 10.2. The van der Waals surface area contributed by atoms with E-state index >= 15 is 0 Å². The maximum atomic E-state index is 11.0. The van der Waals surface area contributed by atoms with Crippen molar-refractivity contribution >= 4 is 17.5 Å². The molecule has 0 atom stereocenters. The predicted octanol–water partition coefficient (Wildman–Crippen LogP) is 2.17. The largest absolute Gasteiger partial charge is 0.497 e. The monoisotopic (exact) mass is 277 g/mol. The van der Waals surface area contributed by atoms with Gasteiger partial charge in [0.2, 0.25) is 0 Å². The molecule has 19 heavy (non-hydrogen) atoms. The van der Waals surface area contributed by atoms with E-state index in [1.54, 1.807) is 14.0 Å². The first kappa shape index (κ1) is 13.6. The summed E-state index contributed by atoms with van der Waals surface area (Å²) in [7, 11) is 3.52. The summed E-state index contributed by atoms with van der Waals surface area (Å²) < 4.78 is 7.07. The fraction of sp³-hybridized carbons (Fsp3) is 0.308. The predicted molar refractivity (Wildman–Crippen MR) is 74.4 cm³/mol. The Balaban J connectivity index is 2.27. The number of aromatic nitrogens is 3. The molecule has 0 aliphatic carbocycles. The van der Waals surface area contributed by atoms with Crippen molar-refractivity contribution in [1.29, 1.82) is 0 Å². The van der Waals surface area contributed by atoms with E-state index < -0.39 is 0 Å². The Morgan fingerprint density at radius 1 is 1.42 bits per heavy atom. The molecule has 1 aromatic heterocycles. The molecule has 0 bridgehead atoms. The lowest BCUT2D eigenvalue weighted by Crippen LogP contribution is -1.98. The third-order valence-electron chi connectivity index (χ3n) is 2.57. The summed E-state index contributed by atoms with van der Waals surface area (Å²) in [6.45, 7) is 1.56. The van der Waals surface area contributed by atoms with E-state index in [1.807, 2.05) is 35.9 Å². The Morgan fingerprint density at radius 2 is 2.21 bits per heavy atom. The van der Waals surface area contributed by atoms with Crippen molar-refractivity contribution in [2.75, 3.05) is 12.9 Å². The highest BCUT2D eigenvalue weighted by molar-refractivity contribution is 7.99. The maximum absolute atomic E-state index is 11.0. The fourth-order valence-corrected chi connectivity index (χ4v) is 2.33. The van der Waals surface area contributed by atoms with E-state index in [2.05, 4.69) is 10.2 Å². The summed E-state index contributed by atoms with van der Waals surface area (Å²) >= 11 is 1.39. The average Bonchev–Trinajstić information content (AvgIpc) is 2.78. The number of hydrogen-bond acceptors (Lipinski definition) is 5. The minimum absolute atomic E-state index is 0.121. The molecule has 0 amide bonds. The number of nitrogens with zero attached hydrogens (tertiary/aromatic N) is 3. The molecular formula is C13H15N3O2S. The van der Waals surface area contributed by atoms with Crippen molar-refractivity contribution in [2.24, 2.45) is 7.05 Å². The molecule has 1 aromatic carbocycles. The number of carbonyl (C=O) groups is 1. The normalized spacial score (nSPS) is 10.5. The molecule has 2 rings (SSSR count). The highest BCUT2D eigenvalue weighted by atomic mass is 32.2. The smallest absolute Gasteiger partial charge is 0.191 e. The van der Waals surface area contributed by atoms with Crippen LogP contribution in [0.1, 0.15) is 6.92 Å². The lowest BCUT2D eigenvalue weighted by Gasteiger charge is -2.05. The van der Waals surface area contributed by atoms with Gasteiger partial charge in [0.25, 0.3) is 0 Å². The van der Waals surface area contributed by atoms with E-state index in [9.17, 15) is 4.79 Å². The zero-order chi connectivity index (χ0) is 13.8. The molecule has 0 radical (unpaired) electrons. The van der Waals surface area contributed by atoms with E-state index in [-0.39, 0.29) is 5.78 Å². The number of rotatable bonds is 5. The molecule has 0 fully saturated rings. The number of hydrogen-bond donors (Lipinski definition) is 0. The average molecular weight is 277 g/mol. The molecule has 5 nitrogen and oxygen atoms in total. The summed E-state index contributed by atoms with van der Waals surface area (Å²) in [6.07, 6.45) is 0. The number of methoxy groups -OCH3 is 1. The van der Waals surface area contributed by atoms with E-state index in [4.69, 9.17) is 4.74 Å². The Kier molecular flexibility index (Phi) is 4.21. The van der Waals surface area contributed by atoms with Gasteiger partial charge in [-0.15, -0.1) is 10.2 Å². The summed E-state index contributed by atoms with van der Waals surface area (Å²) in [5.41, 5.74) is 0.934. The van der Waals surface area contributed by atoms with Crippen molar-refractivity contribution in [3.05, 3.63) is 24.3 Å². The second-order valence-corrected chi connectivity index (χ2v) is 5.03. The van der Waals surface area contributed by atoms with Crippen molar-refractivity contribution < 1.29 is 9.53 Å². The zero-order valence-corrected chi connectivity index (χ0v) is 11.9. The van der Waals surface area contributed by atoms with Gasteiger partial charge in [0.15, 0.2) is 11.0 Å². The van der Waals surface area contributed by atoms with E-state index in [0.29, 0.717) is 5.75 Å². The Morgan fingerprint density at radius 3 is 2.89 bits per heavy atom. The van der Waals surface area contributed by atoms with Crippen LogP contribution in [0.4, 0.5) is 0 Å². The van der Waals surface area contributed by atoms with Crippen LogP contribution in [0.25, 0.3) is 11.4 Å². The van der Waals surface area contributed by atoms with Crippen LogP contribution in [0.3, 0.4) is 0 Å². The molecule has 100 valence electrons. The van der Waals surface area contributed by atoms with Crippen molar-refractivity contribution in [3.63, 3.8) is 0 Å². The molecule has 0 saturated carbocycles. The Bertz CT molecular complexity index is 595. The number of ketones is 1. The highest BCUT2D eigenvalue weighted by Crippen LogP contribution is 2.25. The summed E-state index contributed by atoms with van der Waals surface area (Å²) in [6, 6.07) is 7.64. The van der Waals surface area contributed by atoms with Crippen LogP contribution in [-0.4, -0.2) is 33.4 Å². The van der Waals surface area contributed by atoms with Crippen LogP contribution in [0.2, 0.25) is 0 Å². The van der Waals surface area contributed by atoms with Gasteiger partial charge in [0.05, 0.1) is 12.9 Å². The van der Waals surface area contributed by atoms with Crippen LogP contribution in [0, 0.1) is 0 Å². The Hall–Kier alpha value is -1.82. The molecule has 0 saturated heterocycles. The quantitative estimate of drug-likeness (QED) is 0.784. The van der Waals surface area contributed by atoms with Gasteiger partial charge >= 0.3 is 0 Å². The summed E-state index contributed by atoms with van der Waals surface area (Å²) in [5, 5.41) is 9.00. The standard InChI is InChI=1S/C13H15N3O2S/c1-9(17)8-19-13-15-14-12(16(13)2)10-5-4-6-11(7-10)18-3/h4-7H,8H2,1-3H3. The topological polar surface area (TPSA) is 57.0 Å². The summed E-state index contributed by atoms with van der Waals surface area (Å²) in [4.78, 5) is 11.0. The molecular weight excluding hydrogens is 262 g/mol. The maximum Gasteiger partial charge on any atom is 0.191 e. The van der Waals surface area contributed by atoms with Crippen molar-refractivity contribution in [1.82, 2.24) is 14.8 Å². The number of benzene rings is 1. The number of carbonyl (C=O) groups excluding carboxylic acids is 1. The van der Waals surface area contributed by atoms with Crippen molar-refractivity contribution in [3.8, 4) is 17.1 Å². The molecule has 6 heteroatoms. The molecule has 0 unspecified atom stereocenters. The van der Waals surface area contributed by atoms with Crippen molar-refractivity contribution in [2.45, 2.75) is 12.1 Å². The second-order valence-electron chi connectivity index (χ2n) is 4.09. The number of Topliss-reactive ketones (excluding diaryl/α,β-unsaturated/α-hetero) is 1. The van der Waals surface area contributed by atoms with Crippen LogP contribution >= 0.6 is 11.8 Å². The van der Waals surface area contributed by atoms with E-state index in [0.717, 1.165) is 22.3 Å². The number of ether oxygens (including phenoxy) is 1. The molecule has 2 aromatic rings. The van der Waals surface area contributed by atoms with Crippen LogP contribution in [-0.2, 0) is 11.8 Å². The van der Waals surface area contributed by atoms with Gasteiger partial charge in [-0.2, -0.15) is 0 Å². The van der Waals surface area contributed by atoms with Gasteiger partial charge in [-0.25, -0.2) is 0 Å². The lowest BCUT2D eigenvalue weighted by molar-refractivity contribution is -0.114. The molecule has 1 heterocycles. The first-order valence-corrected chi connectivity index (χ1v) is 6.76. The zero-order valence-electron chi connectivity index (χ0n) is 11.1.